The number of aromatic amines is 1. The van der Waals surface area contributed by atoms with E-state index in [4.69, 9.17) is 4.74 Å². The number of likely N-dealkylation sites (tertiary alicyclic amines) is 1. The van der Waals surface area contributed by atoms with Gasteiger partial charge in [-0.25, -0.2) is 0 Å². The summed E-state index contributed by atoms with van der Waals surface area (Å²) in [6, 6.07) is 6.24. The van der Waals surface area contributed by atoms with Gasteiger partial charge in [-0.1, -0.05) is 18.9 Å². The summed E-state index contributed by atoms with van der Waals surface area (Å²) >= 11 is 0. The normalized spacial score (nSPS) is 19.8. The number of carbonyl (C=O) groups is 1. The van der Waals surface area contributed by atoms with Gasteiger partial charge >= 0.3 is 0 Å². The maximum absolute atomic E-state index is 13.1. The highest BCUT2D eigenvalue weighted by molar-refractivity contribution is 5.92. The fourth-order valence-corrected chi connectivity index (χ4v) is 4.30. The Hall–Kier alpha value is -2.56. The molecule has 1 unspecified atom stereocenters. The molecule has 0 aliphatic carbocycles. The molecule has 4 rings (SSSR count). The van der Waals surface area contributed by atoms with Crippen LogP contribution in [0.25, 0.3) is 6.08 Å². The van der Waals surface area contributed by atoms with Gasteiger partial charge in [0.25, 0.3) is 0 Å². The van der Waals surface area contributed by atoms with Crippen LogP contribution in [0.5, 0.6) is 5.75 Å². The molecule has 2 aromatic rings. The average molecular weight is 365 g/mol. The summed E-state index contributed by atoms with van der Waals surface area (Å²) in [5.74, 6) is 1.05. The van der Waals surface area contributed by atoms with Gasteiger partial charge in [-0.05, 0) is 56.0 Å². The second kappa shape index (κ2) is 7.59. The smallest absolute Gasteiger partial charge is 0.247 e. The van der Waals surface area contributed by atoms with Gasteiger partial charge in [0.05, 0.1) is 18.3 Å². The number of amides is 1. The molecular weight excluding hydrogens is 338 g/mol. The van der Waals surface area contributed by atoms with Crippen molar-refractivity contribution in [2.45, 2.75) is 52.0 Å². The molecule has 0 saturated carbocycles. The van der Waals surface area contributed by atoms with E-state index in [1.54, 1.807) is 6.08 Å². The van der Waals surface area contributed by atoms with Crippen LogP contribution >= 0.6 is 0 Å². The Morgan fingerprint density at radius 2 is 2.19 bits per heavy atom. The van der Waals surface area contributed by atoms with E-state index in [-0.39, 0.29) is 11.9 Å². The van der Waals surface area contributed by atoms with Gasteiger partial charge in [0.1, 0.15) is 5.75 Å². The van der Waals surface area contributed by atoms with Crippen LogP contribution in [-0.4, -0.2) is 34.2 Å². The first-order valence-corrected chi connectivity index (χ1v) is 9.89. The standard InChI is InChI=1S/C22H27N3O2/c1-15-22(16(2)24-23-15)19-6-4-3-5-12-25(19)21(26)10-8-17-7-9-20-18(14-17)11-13-27-20/h7-10,14,19H,3-6,11-13H2,1-2H3,(H,23,24)/b10-8+. The number of nitrogens with one attached hydrogen (secondary N) is 1. The molecule has 27 heavy (non-hydrogen) atoms. The van der Waals surface area contributed by atoms with Crippen molar-refractivity contribution in [2.75, 3.05) is 13.2 Å². The van der Waals surface area contributed by atoms with E-state index in [0.717, 1.165) is 61.5 Å². The van der Waals surface area contributed by atoms with Crippen molar-refractivity contribution >= 4 is 12.0 Å². The van der Waals surface area contributed by atoms with Gasteiger partial charge in [0, 0.05) is 30.3 Å². The number of aromatic nitrogens is 2. The van der Waals surface area contributed by atoms with Crippen molar-refractivity contribution in [3.63, 3.8) is 0 Å². The van der Waals surface area contributed by atoms with Crippen molar-refractivity contribution in [2.24, 2.45) is 0 Å². The molecule has 1 fully saturated rings. The quantitative estimate of drug-likeness (QED) is 0.833. The number of rotatable bonds is 3. The van der Waals surface area contributed by atoms with Crippen molar-refractivity contribution in [1.29, 1.82) is 0 Å². The van der Waals surface area contributed by atoms with Crippen LogP contribution in [0.2, 0.25) is 0 Å². The number of fused-ring (bicyclic) bond motifs is 1. The van der Waals surface area contributed by atoms with Gasteiger partial charge in [0.15, 0.2) is 0 Å². The highest BCUT2D eigenvalue weighted by Crippen LogP contribution is 2.33. The van der Waals surface area contributed by atoms with Crippen LogP contribution in [0, 0.1) is 13.8 Å². The minimum absolute atomic E-state index is 0.0821. The minimum Gasteiger partial charge on any atom is -0.493 e. The zero-order chi connectivity index (χ0) is 18.8. The maximum atomic E-state index is 13.1. The zero-order valence-corrected chi connectivity index (χ0v) is 16.1. The van der Waals surface area contributed by atoms with E-state index < -0.39 is 0 Å². The molecule has 1 aromatic heterocycles. The molecule has 1 saturated heterocycles. The Morgan fingerprint density at radius 3 is 3.00 bits per heavy atom. The Kier molecular flexibility index (Phi) is 5.01. The summed E-state index contributed by atoms with van der Waals surface area (Å²) in [5.41, 5.74) is 5.53. The molecular formula is C22H27N3O2. The molecule has 0 radical (unpaired) electrons. The van der Waals surface area contributed by atoms with Crippen LogP contribution in [0.15, 0.2) is 24.3 Å². The Bertz CT molecular complexity index is 849. The Balaban J connectivity index is 1.56. The largest absolute Gasteiger partial charge is 0.493 e. The number of aryl methyl sites for hydroxylation is 2. The third-order valence-corrected chi connectivity index (χ3v) is 5.69. The van der Waals surface area contributed by atoms with Crippen LogP contribution in [-0.2, 0) is 11.2 Å². The van der Waals surface area contributed by atoms with Crippen LogP contribution in [0.3, 0.4) is 0 Å². The number of nitrogens with zero attached hydrogens (tertiary/aromatic N) is 2. The lowest BCUT2D eigenvalue weighted by Gasteiger charge is -2.29. The summed E-state index contributed by atoms with van der Waals surface area (Å²) in [6.45, 7) is 5.62. The van der Waals surface area contributed by atoms with Gasteiger partial charge in [-0.15, -0.1) is 0 Å². The van der Waals surface area contributed by atoms with Gasteiger partial charge < -0.3 is 9.64 Å². The predicted molar refractivity (Wildman–Crippen MR) is 106 cm³/mol. The molecule has 2 aliphatic heterocycles. The number of ether oxygens (including phenoxy) is 1. The molecule has 5 heteroatoms. The number of hydrogen-bond donors (Lipinski definition) is 1. The monoisotopic (exact) mass is 365 g/mol. The Morgan fingerprint density at radius 1 is 1.30 bits per heavy atom. The molecule has 1 aromatic carbocycles. The average Bonchev–Trinajstić information content (AvgIpc) is 3.18. The van der Waals surface area contributed by atoms with Gasteiger partial charge in [0.2, 0.25) is 5.91 Å². The summed E-state index contributed by atoms with van der Waals surface area (Å²) in [5, 5.41) is 7.43. The molecule has 3 heterocycles. The van der Waals surface area contributed by atoms with Crippen molar-refractivity contribution < 1.29 is 9.53 Å². The lowest BCUT2D eigenvalue weighted by atomic mass is 9.99. The molecule has 1 N–H and O–H groups in total. The molecule has 0 spiro atoms. The summed E-state index contributed by atoms with van der Waals surface area (Å²) in [7, 11) is 0. The molecule has 5 nitrogen and oxygen atoms in total. The van der Waals surface area contributed by atoms with Crippen molar-refractivity contribution in [3.05, 3.63) is 52.4 Å². The van der Waals surface area contributed by atoms with Crippen LogP contribution in [0.4, 0.5) is 0 Å². The number of H-pyrrole nitrogens is 1. The summed E-state index contributed by atoms with van der Waals surface area (Å²) in [4.78, 5) is 15.1. The summed E-state index contributed by atoms with van der Waals surface area (Å²) in [6.07, 6.45) is 8.97. The zero-order valence-electron chi connectivity index (χ0n) is 16.1. The molecule has 0 bridgehead atoms. The number of benzene rings is 1. The first-order chi connectivity index (χ1) is 13.1. The second-order valence-electron chi connectivity index (χ2n) is 7.54. The van der Waals surface area contributed by atoms with Crippen LogP contribution < -0.4 is 4.74 Å². The predicted octanol–water partition coefficient (Wildman–Crippen LogP) is 4.12. The van der Waals surface area contributed by atoms with E-state index in [1.165, 1.54) is 17.5 Å². The van der Waals surface area contributed by atoms with Crippen molar-refractivity contribution in [3.8, 4) is 5.75 Å². The third kappa shape index (κ3) is 3.64. The Labute approximate surface area is 160 Å². The van der Waals surface area contributed by atoms with E-state index in [0.29, 0.717) is 0 Å². The second-order valence-corrected chi connectivity index (χ2v) is 7.54. The lowest BCUT2D eigenvalue weighted by molar-refractivity contribution is -0.128. The van der Waals surface area contributed by atoms with Crippen LogP contribution in [0.1, 0.15) is 59.8 Å². The van der Waals surface area contributed by atoms with E-state index in [2.05, 4.69) is 16.3 Å². The van der Waals surface area contributed by atoms with Crippen molar-refractivity contribution in [1.82, 2.24) is 15.1 Å². The fourth-order valence-electron chi connectivity index (χ4n) is 4.30. The highest BCUT2D eigenvalue weighted by Gasteiger charge is 2.29. The van der Waals surface area contributed by atoms with E-state index >= 15 is 0 Å². The van der Waals surface area contributed by atoms with Gasteiger partial charge in [-0.3, -0.25) is 9.89 Å². The summed E-state index contributed by atoms with van der Waals surface area (Å²) < 4.78 is 5.56. The molecule has 2 aliphatic rings. The topological polar surface area (TPSA) is 58.2 Å². The molecule has 1 amide bonds. The SMILES string of the molecule is Cc1n[nH]c(C)c1C1CCCCCN1C(=O)/C=C/c1ccc2c(c1)CCO2. The fraction of sp³-hybridized carbons (Fsp3) is 0.455. The molecule has 1 atom stereocenters. The minimum atomic E-state index is 0.0821. The number of carbonyl (C=O) groups excluding carboxylic acids is 1. The van der Waals surface area contributed by atoms with E-state index in [1.807, 2.05) is 37.0 Å². The first-order valence-electron chi connectivity index (χ1n) is 9.89. The third-order valence-electron chi connectivity index (χ3n) is 5.69. The first kappa shape index (κ1) is 17.8. The highest BCUT2D eigenvalue weighted by atomic mass is 16.5. The lowest BCUT2D eigenvalue weighted by Crippen LogP contribution is -2.34. The number of hydrogen-bond acceptors (Lipinski definition) is 3. The van der Waals surface area contributed by atoms with E-state index in [9.17, 15) is 4.79 Å². The van der Waals surface area contributed by atoms with Gasteiger partial charge in [-0.2, -0.15) is 5.10 Å². The molecule has 142 valence electrons. The maximum Gasteiger partial charge on any atom is 0.247 e.